The summed E-state index contributed by atoms with van der Waals surface area (Å²) in [6.45, 7) is 4.74. The Hall–Kier alpha value is -1.63. The Morgan fingerprint density at radius 1 is 1.56 bits per heavy atom. The number of nitrogens with zero attached hydrogens (tertiary/aromatic N) is 2. The lowest BCUT2D eigenvalue weighted by atomic mass is 10.3. The molecule has 1 unspecified atom stereocenters. The number of carbonyl (C=O) groups is 1. The lowest BCUT2D eigenvalue weighted by Crippen LogP contribution is -2.41. The van der Waals surface area contributed by atoms with Gasteiger partial charge in [0, 0.05) is 26.1 Å². The van der Waals surface area contributed by atoms with Gasteiger partial charge in [-0.3, -0.25) is 0 Å². The molecule has 0 aliphatic carbocycles. The van der Waals surface area contributed by atoms with Crippen LogP contribution in [-0.2, 0) is 17.8 Å². The summed E-state index contributed by atoms with van der Waals surface area (Å²) >= 11 is 0. The van der Waals surface area contributed by atoms with Crippen LogP contribution in [0, 0.1) is 0 Å². The van der Waals surface area contributed by atoms with E-state index >= 15 is 0 Å². The van der Waals surface area contributed by atoms with E-state index in [0.29, 0.717) is 31.3 Å². The highest BCUT2D eigenvalue weighted by Crippen LogP contribution is 1.98. The van der Waals surface area contributed by atoms with Crippen LogP contribution in [0.5, 0.6) is 0 Å². The minimum Gasteiger partial charge on any atom is -0.375 e. The van der Waals surface area contributed by atoms with E-state index in [4.69, 9.17) is 9.26 Å². The molecule has 1 heterocycles. The van der Waals surface area contributed by atoms with Crippen LogP contribution in [0.2, 0.25) is 0 Å². The second kappa shape index (κ2) is 7.65. The predicted molar refractivity (Wildman–Crippen MR) is 65.0 cm³/mol. The van der Waals surface area contributed by atoms with Crippen LogP contribution in [0.25, 0.3) is 0 Å². The summed E-state index contributed by atoms with van der Waals surface area (Å²) in [5.74, 6) is 1.00. The molecule has 1 atom stereocenters. The van der Waals surface area contributed by atoms with E-state index in [1.807, 2.05) is 13.8 Å². The maximum absolute atomic E-state index is 11.4. The van der Waals surface area contributed by atoms with E-state index in [9.17, 15) is 4.79 Å². The van der Waals surface area contributed by atoms with E-state index in [0.717, 1.165) is 6.42 Å². The normalized spacial score (nSPS) is 12.2. The number of carbonyl (C=O) groups excluding carboxylic acids is 1. The van der Waals surface area contributed by atoms with E-state index in [1.165, 1.54) is 0 Å². The molecule has 0 aliphatic rings. The number of aromatic nitrogens is 2. The summed E-state index contributed by atoms with van der Waals surface area (Å²) in [6.07, 6.45) is 1.43. The molecule has 1 aromatic rings. The predicted octanol–water partition coefficient (Wildman–Crippen LogP) is 0.856. The fourth-order valence-electron chi connectivity index (χ4n) is 1.24. The number of amides is 2. The Morgan fingerprint density at radius 2 is 2.33 bits per heavy atom. The fraction of sp³-hybridized carbons (Fsp3) is 0.727. The van der Waals surface area contributed by atoms with Gasteiger partial charge in [0.2, 0.25) is 0 Å². The number of hydrogen-bond donors (Lipinski definition) is 2. The number of hydrogen-bond acceptors (Lipinski definition) is 5. The SMILES string of the molecule is CCC(C)NC(=O)NCCc1noc(COC)n1. The molecule has 0 fully saturated rings. The highest BCUT2D eigenvalue weighted by Gasteiger charge is 2.07. The maximum Gasteiger partial charge on any atom is 0.315 e. The Balaban J connectivity index is 2.22. The first-order chi connectivity index (χ1) is 8.65. The summed E-state index contributed by atoms with van der Waals surface area (Å²) in [5.41, 5.74) is 0. The lowest BCUT2D eigenvalue weighted by Gasteiger charge is -2.11. The third kappa shape index (κ3) is 5.13. The van der Waals surface area contributed by atoms with Gasteiger partial charge in [-0.25, -0.2) is 4.79 Å². The number of methoxy groups -OCH3 is 1. The lowest BCUT2D eigenvalue weighted by molar-refractivity contribution is 0.151. The van der Waals surface area contributed by atoms with Gasteiger partial charge in [-0.15, -0.1) is 0 Å². The van der Waals surface area contributed by atoms with Crippen molar-refractivity contribution in [3.05, 3.63) is 11.7 Å². The molecular weight excluding hydrogens is 236 g/mol. The molecule has 102 valence electrons. The molecule has 0 aliphatic heterocycles. The zero-order valence-electron chi connectivity index (χ0n) is 11.0. The minimum absolute atomic E-state index is 0.170. The Bertz CT molecular complexity index is 367. The van der Waals surface area contributed by atoms with Crippen LogP contribution in [0.3, 0.4) is 0 Å². The van der Waals surface area contributed by atoms with Crippen molar-refractivity contribution in [3.8, 4) is 0 Å². The van der Waals surface area contributed by atoms with Crippen molar-refractivity contribution < 1.29 is 14.1 Å². The Morgan fingerprint density at radius 3 is 3.00 bits per heavy atom. The summed E-state index contributed by atoms with van der Waals surface area (Å²) in [7, 11) is 1.56. The zero-order valence-corrected chi connectivity index (χ0v) is 11.0. The Kier molecular flexibility index (Phi) is 6.13. The van der Waals surface area contributed by atoms with E-state index < -0.39 is 0 Å². The minimum atomic E-state index is -0.176. The van der Waals surface area contributed by atoms with Crippen LogP contribution in [0.1, 0.15) is 32.0 Å². The van der Waals surface area contributed by atoms with Gasteiger partial charge >= 0.3 is 6.03 Å². The molecule has 1 aromatic heterocycles. The van der Waals surface area contributed by atoms with Crippen molar-refractivity contribution in [2.45, 2.75) is 39.3 Å². The second-order valence-electron chi connectivity index (χ2n) is 4.00. The molecule has 0 aromatic carbocycles. The zero-order chi connectivity index (χ0) is 13.4. The molecule has 7 nitrogen and oxygen atoms in total. The molecule has 1 rings (SSSR count). The van der Waals surface area contributed by atoms with Crippen LogP contribution < -0.4 is 10.6 Å². The number of urea groups is 1. The van der Waals surface area contributed by atoms with Crippen LogP contribution in [0.4, 0.5) is 4.79 Å². The van der Waals surface area contributed by atoms with Crippen LogP contribution >= 0.6 is 0 Å². The second-order valence-corrected chi connectivity index (χ2v) is 4.00. The molecular formula is C11H20N4O3. The van der Waals surface area contributed by atoms with Crippen LogP contribution in [-0.4, -0.2) is 35.9 Å². The van der Waals surface area contributed by atoms with Crippen LogP contribution in [0.15, 0.2) is 4.52 Å². The van der Waals surface area contributed by atoms with Gasteiger partial charge in [-0.05, 0) is 13.3 Å². The summed E-state index contributed by atoms with van der Waals surface area (Å²) < 4.78 is 9.79. The van der Waals surface area contributed by atoms with Crippen molar-refractivity contribution in [2.75, 3.05) is 13.7 Å². The molecule has 0 radical (unpaired) electrons. The van der Waals surface area contributed by atoms with Gasteiger partial charge in [-0.2, -0.15) is 4.98 Å². The highest BCUT2D eigenvalue weighted by molar-refractivity contribution is 5.74. The average molecular weight is 256 g/mol. The maximum atomic E-state index is 11.4. The van der Waals surface area contributed by atoms with Gasteiger partial charge in [0.05, 0.1) is 0 Å². The molecule has 2 N–H and O–H groups in total. The first-order valence-corrected chi connectivity index (χ1v) is 6.00. The van der Waals surface area contributed by atoms with Gasteiger partial charge in [0.25, 0.3) is 5.89 Å². The molecule has 0 saturated heterocycles. The monoisotopic (exact) mass is 256 g/mol. The summed E-state index contributed by atoms with van der Waals surface area (Å²) in [6, 6.07) is -0.00607. The van der Waals surface area contributed by atoms with Crippen molar-refractivity contribution in [1.82, 2.24) is 20.8 Å². The highest BCUT2D eigenvalue weighted by atomic mass is 16.5. The third-order valence-electron chi connectivity index (χ3n) is 2.40. The Labute approximate surface area is 106 Å². The molecule has 18 heavy (non-hydrogen) atoms. The van der Waals surface area contributed by atoms with E-state index in [1.54, 1.807) is 7.11 Å². The van der Waals surface area contributed by atoms with Gasteiger partial charge in [0.15, 0.2) is 5.82 Å². The standard InChI is InChI=1S/C11H20N4O3/c1-4-8(2)13-11(16)12-6-5-9-14-10(7-17-3)18-15-9/h8H,4-7H2,1-3H3,(H2,12,13,16). The molecule has 0 saturated carbocycles. The topological polar surface area (TPSA) is 89.3 Å². The first-order valence-electron chi connectivity index (χ1n) is 6.00. The smallest absolute Gasteiger partial charge is 0.315 e. The van der Waals surface area contributed by atoms with Crippen molar-refractivity contribution >= 4 is 6.03 Å². The summed E-state index contributed by atoms with van der Waals surface area (Å²) in [4.78, 5) is 15.5. The third-order valence-corrected chi connectivity index (χ3v) is 2.40. The number of nitrogens with one attached hydrogen (secondary N) is 2. The quantitative estimate of drug-likeness (QED) is 0.755. The summed E-state index contributed by atoms with van der Waals surface area (Å²) in [5, 5.41) is 9.31. The largest absolute Gasteiger partial charge is 0.375 e. The molecule has 2 amide bonds. The van der Waals surface area contributed by atoms with Gasteiger partial charge in [0.1, 0.15) is 6.61 Å². The fourth-order valence-corrected chi connectivity index (χ4v) is 1.24. The van der Waals surface area contributed by atoms with Crippen molar-refractivity contribution in [1.29, 1.82) is 0 Å². The number of ether oxygens (including phenoxy) is 1. The van der Waals surface area contributed by atoms with Gasteiger partial charge < -0.3 is 19.9 Å². The van der Waals surface area contributed by atoms with E-state index in [-0.39, 0.29) is 12.1 Å². The molecule has 7 heteroatoms. The number of rotatable bonds is 7. The van der Waals surface area contributed by atoms with E-state index in [2.05, 4.69) is 20.8 Å². The first kappa shape index (κ1) is 14.4. The van der Waals surface area contributed by atoms with Crippen molar-refractivity contribution in [3.63, 3.8) is 0 Å². The average Bonchev–Trinajstić information content (AvgIpc) is 2.77. The molecule has 0 spiro atoms. The van der Waals surface area contributed by atoms with Crippen molar-refractivity contribution in [2.24, 2.45) is 0 Å². The molecule has 0 bridgehead atoms. The van der Waals surface area contributed by atoms with Gasteiger partial charge in [-0.1, -0.05) is 12.1 Å².